The molecule has 28 heavy (non-hydrogen) atoms. The average Bonchev–Trinajstić information content (AvgIpc) is 3.06. The normalized spacial score (nSPS) is 12.0. The number of carbonyl (C=O) groups is 2. The van der Waals surface area contributed by atoms with Gasteiger partial charge in [0.15, 0.2) is 6.10 Å². The predicted molar refractivity (Wildman–Crippen MR) is 109 cm³/mol. The van der Waals surface area contributed by atoms with Crippen molar-refractivity contribution in [1.82, 2.24) is 4.98 Å². The second-order valence-electron chi connectivity index (χ2n) is 6.51. The van der Waals surface area contributed by atoms with Crippen molar-refractivity contribution in [2.45, 2.75) is 33.5 Å². The second kappa shape index (κ2) is 8.95. The second-order valence-corrected chi connectivity index (χ2v) is 7.62. The molecule has 1 amide bonds. The minimum Gasteiger partial charge on any atom is -0.451 e. The number of nitrogens with zero attached hydrogens (tertiary/aromatic N) is 1. The molecule has 1 N–H and O–H groups in total. The molecule has 0 fully saturated rings. The fraction of sp³-hybridized carbons (Fsp3) is 0.286. The maximum atomic E-state index is 12.2. The average molecular weight is 398 g/mol. The molecule has 146 valence electrons. The maximum Gasteiger partial charge on any atom is 0.332 e. The molecule has 0 aliphatic carbocycles. The Morgan fingerprint density at radius 2 is 1.96 bits per heavy atom. The predicted octanol–water partition coefficient (Wildman–Crippen LogP) is 4.00. The van der Waals surface area contributed by atoms with E-state index in [2.05, 4.69) is 10.3 Å². The van der Waals surface area contributed by atoms with Gasteiger partial charge in [0, 0.05) is 5.69 Å². The Labute approximate surface area is 167 Å². The lowest BCUT2D eigenvalue weighted by atomic mass is 10.1. The first-order valence-electron chi connectivity index (χ1n) is 8.92. The number of amides is 1. The highest BCUT2D eigenvalue weighted by Crippen LogP contribution is 2.22. The largest absolute Gasteiger partial charge is 0.451 e. The number of hydrogen-bond acceptors (Lipinski definition) is 6. The standard InChI is InChI=1S/C21H22N2O4S/c1-13-8-9-16(14(2)10-13)23-21(25)15(3)27-20(24)12-26-11-19-22-17-6-4-5-7-18(17)28-19/h4-10,15H,11-12H2,1-3H3,(H,23,25)/t15-/m1/s1. The number of carbonyl (C=O) groups excluding carboxylic acids is 2. The van der Waals surface area contributed by atoms with Gasteiger partial charge in [0.05, 0.1) is 16.8 Å². The van der Waals surface area contributed by atoms with E-state index < -0.39 is 12.1 Å². The van der Waals surface area contributed by atoms with Crippen molar-refractivity contribution in [2.24, 2.45) is 0 Å². The molecule has 0 unspecified atom stereocenters. The summed E-state index contributed by atoms with van der Waals surface area (Å²) in [5.41, 5.74) is 3.67. The van der Waals surface area contributed by atoms with Crippen LogP contribution in [0.5, 0.6) is 0 Å². The number of anilines is 1. The zero-order valence-electron chi connectivity index (χ0n) is 16.0. The lowest BCUT2D eigenvalue weighted by Gasteiger charge is -2.15. The first kappa shape index (κ1) is 20.0. The summed E-state index contributed by atoms with van der Waals surface area (Å²) in [6.45, 7) is 5.41. The highest BCUT2D eigenvalue weighted by Gasteiger charge is 2.18. The minimum absolute atomic E-state index is 0.220. The van der Waals surface area contributed by atoms with Gasteiger partial charge in [-0.1, -0.05) is 29.8 Å². The molecule has 3 aromatic rings. The fourth-order valence-electron chi connectivity index (χ4n) is 2.68. The number of fused-ring (bicyclic) bond motifs is 1. The molecule has 3 rings (SSSR count). The van der Waals surface area contributed by atoms with Crippen molar-refractivity contribution in [3.8, 4) is 0 Å². The van der Waals surface area contributed by atoms with Crippen molar-refractivity contribution < 1.29 is 19.1 Å². The summed E-state index contributed by atoms with van der Waals surface area (Å²) in [6.07, 6.45) is -0.917. The summed E-state index contributed by atoms with van der Waals surface area (Å²) in [5, 5.41) is 3.56. The van der Waals surface area contributed by atoms with Gasteiger partial charge in [0.1, 0.15) is 11.6 Å². The summed E-state index contributed by atoms with van der Waals surface area (Å²) in [6, 6.07) is 13.5. The Hall–Kier alpha value is -2.77. The van der Waals surface area contributed by atoms with Crippen LogP contribution in [0.2, 0.25) is 0 Å². The van der Waals surface area contributed by atoms with Crippen molar-refractivity contribution in [3.05, 3.63) is 58.6 Å². The third-order valence-electron chi connectivity index (χ3n) is 4.10. The van der Waals surface area contributed by atoms with Crippen LogP contribution < -0.4 is 5.32 Å². The smallest absolute Gasteiger partial charge is 0.332 e. The van der Waals surface area contributed by atoms with Crippen molar-refractivity contribution in [1.29, 1.82) is 0 Å². The van der Waals surface area contributed by atoms with E-state index in [1.54, 1.807) is 0 Å². The van der Waals surface area contributed by atoms with E-state index >= 15 is 0 Å². The van der Waals surface area contributed by atoms with E-state index in [0.717, 1.165) is 26.4 Å². The van der Waals surface area contributed by atoms with Gasteiger partial charge in [0.25, 0.3) is 5.91 Å². The van der Waals surface area contributed by atoms with Crippen LogP contribution in [0, 0.1) is 13.8 Å². The molecule has 1 heterocycles. The number of aromatic nitrogens is 1. The van der Waals surface area contributed by atoms with E-state index in [-0.39, 0.29) is 19.1 Å². The molecular weight excluding hydrogens is 376 g/mol. The topological polar surface area (TPSA) is 77.5 Å². The molecule has 0 saturated carbocycles. The minimum atomic E-state index is -0.917. The summed E-state index contributed by atoms with van der Waals surface area (Å²) in [5.74, 6) is -0.976. The molecule has 0 aliphatic heterocycles. The number of aryl methyl sites for hydroxylation is 2. The van der Waals surface area contributed by atoms with Crippen LogP contribution in [0.1, 0.15) is 23.1 Å². The first-order valence-corrected chi connectivity index (χ1v) is 9.74. The van der Waals surface area contributed by atoms with Crippen LogP contribution >= 0.6 is 11.3 Å². The summed E-state index contributed by atoms with van der Waals surface area (Å²) < 4.78 is 11.6. The molecule has 0 bridgehead atoms. The van der Waals surface area contributed by atoms with Gasteiger partial charge in [-0.25, -0.2) is 9.78 Å². The van der Waals surface area contributed by atoms with Crippen LogP contribution in [-0.4, -0.2) is 29.6 Å². The molecule has 0 aliphatic rings. The summed E-state index contributed by atoms with van der Waals surface area (Å²) in [7, 11) is 0. The third-order valence-corrected chi connectivity index (χ3v) is 5.11. The van der Waals surface area contributed by atoms with Crippen LogP contribution in [0.25, 0.3) is 10.2 Å². The van der Waals surface area contributed by atoms with Crippen molar-refractivity contribution >= 4 is 39.1 Å². The molecule has 7 heteroatoms. The first-order chi connectivity index (χ1) is 13.4. The number of benzene rings is 2. The van der Waals surface area contributed by atoms with Gasteiger partial charge >= 0.3 is 5.97 Å². The number of esters is 1. The van der Waals surface area contributed by atoms with Gasteiger partial charge in [-0.2, -0.15) is 0 Å². The van der Waals surface area contributed by atoms with E-state index in [0.29, 0.717) is 5.69 Å². The molecule has 0 saturated heterocycles. The monoisotopic (exact) mass is 398 g/mol. The Bertz CT molecular complexity index is 966. The zero-order valence-corrected chi connectivity index (χ0v) is 16.8. The zero-order chi connectivity index (χ0) is 20.1. The van der Waals surface area contributed by atoms with Gasteiger partial charge in [-0.15, -0.1) is 11.3 Å². The molecule has 0 radical (unpaired) electrons. The summed E-state index contributed by atoms with van der Waals surface area (Å²) >= 11 is 1.52. The van der Waals surface area contributed by atoms with Crippen LogP contribution in [0.4, 0.5) is 5.69 Å². The Morgan fingerprint density at radius 1 is 1.18 bits per heavy atom. The van der Waals surface area contributed by atoms with Gasteiger partial charge in [-0.05, 0) is 44.5 Å². The van der Waals surface area contributed by atoms with Crippen LogP contribution in [0.15, 0.2) is 42.5 Å². The molecule has 6 nitrogen and oxygen atoms in total. The SMILES string of the molecule is Cc1ccc(NC(=O)[C@@H](C)OC(=O)COCc2nc3ccccc3s2)c(C)c1. The Morgan fingerprint density at radius 3 is 2.71 bits per heavy atom. The van der Waals surface area contributed by atoms with E-state index in [9.17, 15) is 9.59 Å². The van der Waals surface area contributed by atoms with E-state index in [4.69, 9.17) is 9.47 Å². The molecule has 0 spiro atoms. The fourth-order valence-corrected chi connectivity index (χ4v) is 3.58. The number of nitrogens with one attached hydrogen (secondary N) is 1. The Kier molecular flexibility index (Phi) is 6.38. The number of hydrogen-bond donors (Lipinski definition) is 1. The van der Waals surface area contributed by atoms with Crippen molar-refractivity contribution in [3.63, 3.8) is 0 Å². The molecule has 1 atom stereocenters. The van der Waals surface area contributed by atoms with Crippen LogP contribution in [0.3, 0.4) is 0 Å². The number of rotatable bonds is 7. The quantitative estimate of drug-likeness (QED) is 0.609. The lowest BCUT2D eigenvalue weighted by Crippen LogP contribution is -2.31. The van der Waals surface area contributed by atoms with Crippen molar-refractivity contribution in [2.75, 3.05) is 11.9 Å². The van der Waals surface area contributed by atoms with Gasteiger partial charge in [0.2, 0.25) is 0 Å². The number of thiazole rings is 1. The highest BCUT2D eigenvalue weighted by molar-refractivity contribution is 7.18. The Balaban J connectivity index is 1.45. The summed E-state index contributed by atoms with van der Waals surface area (Å²) in [4.78, 5) is 28.6. The maximum absolute atomic E-state index is 12.2. The number of para-hydroxylation sites is 1. The van der Waals surface area contributed by atoms with Crippen LogP contribution in [-0.2, 0) is 25.7 Å². The molecule has 1 aromatic heterocycles. The van der Waals surface area contributed by atoms with Gasteiger partial charge in [-0.3, -0.25) is 4.79 Å². The molecule has 2 aromatic carbocycles. The van der Waals surface area contributed by atoms with E-state index in [1.807, 2.05) is 56.3 Å². The highest BCUT2D eigenvalue weighted by atomic mass is 32.1. The third kappa shape index (κ3) is 5.15. The lowest BCUT2D eigenvalue weighted by molar-refractivity contribution is -0.157. The van der Waals surface area contributed by atoms with E-state index in [1.165, 1.54) is 18.3 Å². The number of ether oxygens (including phenoxy) is 2. The van der Waals surface area contributed by atoms with Gasteiger partial charge < -0.3 is 14.8 Å². The molecular formula is C21H22N2O4S.